The third-order valence-corrected chi connectivity index (χ3v) is 4.85. The van der Waals surface area contributed by atoms with Crippen molar-refractivity contribution < 1.29 is 0 Å². The normalized spacial score (nSPS) is 23.7. The maximum Gasteiger partial charge on any atom is 0.242 e. The summed E-state index contributed by atoms with van der Waals surface area (Å²) in [6.45, 7) is 0. The highest BCUT2D eigenvalue weighted by Gasteiger charge is 2.27. The SMILES string of the molecule is Ic1cnc(N[C@H]2CC[C@H](Nc3ncc(C4CC4)nn3)C2)nc1. The lowest BCUT2D eigenvalue weighted by atomic mass is 10.2. The van der Waals surface area contributed by atoms with Gasteiger partial charge in [0.15, 0.2) is 0 Å². The smallest absolute Gasteiger partial charge is 0.242 e. The zero-order valence-corrected chi connectivity index (χ0v) is 14.8. The van der Waals surface area contributed by atoms with Gasteiger partial charge in [0.2, 0.25) is 11.9 Å². The van der Waals surface area contributed by atoms with Gasteiger partial charge in [-0.25, -0.2) is 15.0 Å². The van der Waals surface area contributed by atoms with E-state index in [0.717, 1.165) is 28.5 Å². The summed E-state index contributed by atoms with van der Waals surface area (Å²) in [5, 5.41) is 15.3. The average Bonchev–Trinajstić information content (AvgIpc) is 3.32. The average molecular weight is 423 g/mol. The van der Waals surface area contributed by atoms with Crippen LogP contribution < -0.4 is 10.6 Å². The molecule has 2 aromatic heterocycles. The molecule has 2 aliphatic carbocycles. The Labute approximate surface area is 148 Å². The summed E-state index contributed by atoms with van der Waals surface area (Å²) < 4.78 is 1.04. The third kappa shape index (κ3) is 3.85. The van der Waals surface area contributed by atoms with Crippen molar-refractivity contribution in [1.29, 1.82) is 0 Å². The molecule has 0 aromatic carbocycles. The molecule has 0 saturated heterocycles. The van der Waals surface area contributed by atoms with Gasteiger partial charge < -0.3 is 10.6 Å². The molecule has 2 N–H and O–H groups in total. The molecule has 2 fully saturated rings. The minimum absolute atomic E-state index is 0.366. The topological polar surface area (TPSA) is 88.5 Å². The fraction of sp³-hybridized carbons (Fsp3) is 0.533. The monoisotopic (exact) mass is 423 g/mol. The van der Waals surface area contributed by atoms with Gasteiger partial charge in [0.1, 0.15) is 0 Å². The predicted octanol–water partition coefficient (Wildman–Crippen LogP) is 2.59. The minimum atomic E-state index is 0.366. The summed E-state index contributed by atoms with van der Waals surface area (Å²) in [5.41, 5.74) is 1.03. The molecule has 2 aliphatic rings. The molecule has 7 nitrogen and oxygen atoms in total. The summed E-state index contributed by atoms with van der Waals surface area (Å²) in [5.74, 6) is 1.92. The van der Waals surface area contributed by atoms with Gasteiger partial charge in [-0.15, -0.1) is 10.2 Å². The fourth-order valence-corrected chi connectivity index (χ4v) is 3.19. The van der Waals surface area contributed by atoms with E-state index in [-0.39, 0.29) is 0 Å². The highest BCUT2D eigenvalue weighted by atomic mass is 127. The van der Waals surface area contributed by atoms with E-state index in [4.69, 9.17) is 0 Å². The van der Waals surface area contributed by atoms with Crippen molar-refractivity contribution >= 4 is 34.5 Å². The van der Waals surface area contributed by atoms with Gasteiger partial charge in [0, 0.05) is 34.0 Å². The maximum atomic E-state index is 4.39. The van der Waals surface area contributed by atoms with Crippen molar-refractivity contribution in [1.82, 2.24) is 25.1 Å². The minimum Gasteiger partial charge on any atom is -0.351 e. The molecule has 0 spiro atoms. The Morgan fingerprint density at radius 3 is 2.09 bits per heavy atom. The zero-order chi connectivity index (χ0) is 15.6. The summed E-state index contributed by atoms with van der Waals surface area (Å²) in [4.78, 5) is 13.0. The van der Waals surface area contributed by atoms with E-state index in [1.165, 1.54) is 12.8 Å². The van der Waals surface area contributed by atoms with E-state index in [1.54, 1.807) is 0 Å². The predicted molar refractivity (Wildman–Crippen MR) is 95.2 cm³/mol. The zero-order valence-electron chi connectivity index (χ0n) is 12.6. The molecule has 8 heteroatoms. The van der Waals surface area contributed by atoms with E-state index < -0.39 is 0 Å². The number of nitrogens with one attached hydrogen (secondary N) is 2. The van der Waals surface area contributed by atoms with Crippen LogP contribution >= 0.6 is 22.6 Å². The molecule has 2 heterocycles. The van der Waals surface area contributed by atoms with Crippen LogP contribution in [0, 0.1) is 3.57 Å². The van der Waals surface area contributed by atoms with Crippen molar-refractivity contribution in [2.75, 3.05) is 10.6 Å². The number of hydrogen-bond donors (Lipinski definition) is 2. The number of halogens is 1. The van der Waals surface area contributed by atoms with Crippen LogP contribution in [0.25, 0.3) is 0 Å². The highest BCUT2D eigenvalue weighted by Crippen LogP contribution is 2.38. The molecule has 2 saturated carbocycles. The van der Waals surface area contributed by atoms with Crippen molar-refractivity contribution in [3.8, 4) is 0 Å². The Hall–Kier alpha value is -1.58. The molecule has 0 bridgehead atoms. The van der Waals surface area contributed by atoms with Crippen LogP contribution in [-0.2, 0) is 0 Å². The lowest BCUT2D eigenvalue weighted by Gasteiger charge is -2.14. The second-order valence-corrected chi connectivity index (χ2v) is 7.45. The van der Waals surface area contributed by atoms with Crippen LogP contribution in [0.2, 0.25) is 0 Å². The van der Waals surface area contributed by atoms with Crippen molar-refractivity contribution in [3.63, 3.8) is 0 Å². The second kappa shape index (κ2) is 6.50. The number of rotatable bonds is 5. The number of aromatic nitrogens is 5. The van der Waals surface area contributed by atoms with Crippen molar-refractivity contribution in [2.45, 2.75) is 50.1 Å². The van der Waals surface area contributed by atoms with E-state index in [2.05, 4.69) is 58.4 Å². The molecule has 0 amide bonds. The Morgan fingerprint density at radius 1 is 0.826 bits per heavy atom. The lowest BCUT2D eigenvalue weighted by Crippen LogP contribution is -2.22. The fourth-order valence-electron chi connectivity index (χ4n) is 2.91. The van der Waals surface area contributed by atoms with Crippen LogP contribution in [0.4, 0.5) is 11.9 Å². The van der Waals surface area contributed by atoms with Crippen molar-refractivity contribution in [3.05, 3.63) is 27.9 Å². The molecular formula is C15H18IN7. The quantitative estimate of drug-likeness (QED) is 0.715. The first-order chi connectivity index (χ1) is 11.3. The van der Waals surface area contributed by atoms with Crippen molar-refractivity contribution in [2.24, 2.45) is 0 Å². The Morgan fingerprint density at radius 2 is 1.48 bits per heavy atom. The molecule has 23 heavy (non-hydrogen) atoms. The molecule has 0 radical (unpaired) electrons. The Kier molecular flexibility index (Phi) is 4.23. The Bertz CT molecular complexity index is 657. The summed E-state index contributed by atoms with van der Waals surface area (Å²) in [7, 11) is 0. The highest BCUT2D eigenvalue weighted by molar-refractivity contribution is 14.1. The molecule has 0 unspecified atom stereocenters. The molecule has 2 aromatic rings. The van der Waals surface area contributed by atoms with E-state index in [9.17, 15) is 0 Å². The molecule has 2 atom stereocenters. The molecule has 120 valence electrons. The van der Waals surface area contributed by atoms with Crippen LogP contribution in [0.3, 0.4) is 0 Å². The largest absolute Gasteiger partial charge is 0.351 e. The van der Waals surface area contributed by atoms with E-state index in [0.29, 0.717) is 29.9 Å². The van der Waals surface area contributed by atoms with Gasteiger partial charge in [-0.3, -0.25) is 0 Å². The van der Waals surface area contributed by atoms with Gasteiger partial charge in [0.05, 0.1) is 11.9 Å². The van der Waals surface area contributed by atoms with Gasteiger partial charge in [0.25, 0.3) is 0 Å². The first-order valence-electron chi connectivity index (χ1n) is 7.96. The standard InChI is InChI=1S/C15H18IN7/c16-10-6-17-14(18-7-10)20-11-3-4-12(5-11)21-15-19-8-13(22-23-15)9-1-2-9/h6-9,11-12H,1-5H2,(H,17,18,20)(H,19,21,23)/t11-,12-/m0/s1. The van der Waals surface area contributed by atoms with Gasteiger partial charge in [-0.05, 0) is 54.7 Å². The van der Waals surface area contributed by atoms with Gasteiger partial charge >= 0.3 is 0 Å². The van der Waals surface area contributed by atoms with E-state index >= 15 is 0 Å². The maximum absolute atomic E-state index is 4.39. The van der Waals surface area contributed by atoms with Gasteiger partial charge in [-0.1, -0.05) is 0 Å². The summed E-state index contributed by atoms with van der Waals surface area (Å²) in [6.07, 6.45) is 11.1. The summed E-state index contributed by atoms with van der Waals surface area (Å²) >= 11 is 2.20. The van der Waals surface area contributed by atoms with Crippen LogP contribution in [0.5, 0.6) is 0 Å². The number of hydrogen-bond acceptors (Lipinski definition) is 7. The Balaban J connectivity index is 1.30. The second-order valence-electron chi connectivity index (χ2n) is 6.20. The van der Waals surface area contributed by atoms with Gasteiger partial charge in [-0.2, -0.15) is 0 Å². The van der Waals surface area contributed by atoms with Crippen LogP contribution in [0.1, 0.15) is 43.7 Å². The van der Waals surface area contributed by atoms with Crippen LogP contribution in [0.15, 0.2) is 18.6 Å². The van der Waals surface area contributed by atoms with E-state index in [1.807, 2.05) is 18.6 Å². The molecular weight excluding hydrogens is 405 g/mol. The summed E-state index contributed by atoms with van der Waals surface area (Å²) in [6, 6.07) is 0.746. The molecule has 0 aliphatic heterocycles. The third-order valence-electron chi connectivity index (χ3n) is 4.29. The first kappa shape index (κ1) is 15.0. The number of nitrogens with zero attached hydrogens (tertiary/aromatic N) is 5. The lowest BCUT2D eigenvalue weighted by molar-refractivity contribution is 0.708. The molecule has 4 rings (SSSR count). The first-order valence-corrected chi connectivity index (χ1v) is 9.04. The number of anilines is 2. The van der Waals surface area contributed by atoms with Crippen LogP contribution in [-0.4, -0.2) is 37.2 Å².